The smallest absolute Gasteiger partial charge is 0.283 e. The molecule has 4 rings (SSSR count). The van der Waals surface area contributed by atoms with Crippen LogP contribution in [0.25, 0.3) is 17.4 Å². The van der Waals surface area contributed by atoms with Gasteiger partial charge in [-0.1, -0.05) is 42.4 Å². The molecule has 1 aromatic heterocycles. The zero-order valence-corrected chi connectivity index (χ0v) is 16.5. The van der Waals surface area contributed by atoms with E-state index in [4.69, 9.17) is 21.4 Å². The number of hydrogen-bond donors (Lipinski definition) is 1. The highest BCUT2D eigenvalue weighted by Gasteiger charge is 2.37. The van der Waals surface area contributed by atoms with Gasteiger partial charge in [0.25, 0.3) is 5.91 Å². The summed E-state index contributed by atoms with van der Waals surface area (Å²) in [5.74, 6) is 1.48. The molecule has 1 amide bonds. The van der Waals surface area contributed by atoms with Crippen LogP contribution in [0.4, 0.5) is 0 Å². The second kappa shape index (κ2) is 7.38. The van der Waals surface area contributed by atoms with Gasteiger partial charge in [0.15, 0.2) is 5.17 Å². The molecule has 0 bridgehead atoms. The number of thioether (sulfide) groups is 1. The Kier molecular flexibility index (Phi) is 4.94. The quantitative estimate of drug-likeness (QED) is 0.566. The van der Waals surface area contributed by atoms with E-state index in [1.165, 1.54) is 17.8 Å². The van der Waals surface area contributed by atoms with Gasteiger partial charge in [0.05, 0.1) is 17.5 Å². The fraction of sp³-hybridized carbons (Fsp3) is 0.111. The summed E-state index contributed by atoms with van der Waals surface area (Å²) in [7, 11) is 0. The summed E-state index contributed by atoms with van der Waals surface area (Å²) in [5.41, 5.74) is 1.000. The highest BCUT2D eigenvalue weighted by molar-refractivity contribution is 8.19. The Morgan fingerprint density at radius 3 is 3.00 bits per heavy atom. The minimum Gasteiger partial charge on any atom is -0.457 e. The van der Waals surface area contributed by atoms with Gasteiger partial charge in [0, 0.05) is 10.6 Å². The molecule has 0 saturated carbocycles. The number of furan rings is 1. The predicted octanol–water partition coefficient (Wildman–Crippen LogP) is 4.93. The normalized spacial score (nSPS) is 18.0. The second-order valence-electron chi connectivity index (χ2n) is 5.55. The maximum Gasteiger partial charge on any atom is 0.283 e. The van der Waals surface area contributed by atoms with Gasteiger partial charge in [-0.05, 0) is 36.1 Å². The van der Waals surface area contributed by atoms with Gasteiger partial charge in [-0.2, -0.15) is 9.39 Å². The molecule has 0 fully saturated rings. The van der Waals surface area contributed by atoms with Crippen molar-refractivity contribution in [3.63, 3.8) is 0 Å². The first-order valence-electron chi connectivity index (χ1n) is 8.04. The van der Waals surface area contributed by atoms with E-state index < -0.39 is 5.91 Å². The molecule has 6 nitrogen and oxygen atoms in total. The van der Waals surface area contributed by atoms with Crippen LogP contribution in [0, 0.1) is 5.41 Å². The first-order valence-corrected chi connectivity index (χ1v) is 10.2. The standard InChI is InChI=1S/C18H13ClN4O2S2/c1-2-26-18-22-27-17-21-16(24)13(15(20)23(17)18)9-12-6-7-14(25-12)10-4-3-5-11(19)8-10/h3-9,20H,2H2,1H3/b13-9-,20-15?. The van der Waals surface area contributed by atoms with E-state index in [1.807, 2.05) is 19.1 Å². The van der Waals surface area contributed by atoms with Crippen molar-refractivity contribution in [1.82, 2.24) is 4.90 Å². The molecule has 3 heterocycles. The molecule has 0 spiro atoms. The molecule has 1 N–H and O–H groups in total. The molecular weight excluding hydrogens is 404 g/mol. The van der Waals surface area contributed by atoms with Crippen LogP contribution in [0.5, 0.6) is 0 Å². The van der Waals surface area contributed by atoms with Crippen molar-refractivity contribution in [2.75, 3.05) is 5.75 Å². The van der Waals surface area contributed by atoms with Crippen molar-refractivity contribution in [1.29, 1.82) is 5.41 Å². The molecule has 0 atom stereocenters. The molecule has 2 aliphatic rings. The highest BCUT2D eigenvalue weighted by Crippen LogP contribution is 2.32. The number of halogens is 1. The Labute approximate surface area is 169 Å². The van der Waals surface area contributed by atoms with Crippen molar-refractivity contribution < 1.29 is 9.21 Å². The zero-order chi connectivity index (χ0) is 19.0. The van der Waals surface area contributed by atoms with Crippen LogP contribution in [0.15, 0.2) is 55.8 Å². The van der Waals surface area contributed by atoms with Gasteiger partial charge in [-0.3, -0.25) is 10.2 Å². The maximum absolute atomic E-state index is 12.4. The lowest BCUT2D eigenvalue weighted by Gasteiger charge is -2.23. The molecule has 0 aliphatic carbocycles. The molecule has 9 heteroatoms. The van der Waals surface area contributed by atoms with Crippen molar-refractivity contribution in [2.45, 2.75) is 6.92 Å². The summed E-state index contributed by atoms with van der Waals surface area (Å²) < 4.78 is 10.1. The third-order valence-corrected chi connectivity index (χ3v) is 5.66. The number of amides is 1. The van der Waals surface area contributed by atoms with Crippen molar-refractivity contribution in [3.8, 4) is 11.3 Å². The van der Waals surface area contributed by atoms with Gasteiger partial charge in [-0.25, -0.2) is 4.90 Å². The molecule has 2 aliphatic heterocycles. The zero-order valence-electron chi connectivity index (χ0n) is 14.1. The third-order valence-electron chi connectivity index (χ3n) is 3.79. The lowest BCUT2D eigenvalue weighted by molar-refractivity contribution is -0.114. The monoisotopic (exact) mass is 416 g/mol. The van der Waals surface area contributed by atoms with Gasteiger partial charge in [0.2, 0.25) is 5.17 Å². The Morgan fingerprint density at radius 2 is 2.22 bits per heavy atom. The molecular formula is C18H13ClN4O2S2. The maximum atomic E-state index is 12.4. The van der Waals surface area contributed by atoms with E-state index in [1.54, 1.807) is 29.2 Å². The molecule has 0 saturated heterocycles. The second-order valence-corrected chi connectivity index (χ2v) is 7.95. The molecule has 1 aromatic carbocycles. The molecule has 136 valence electrons. The molecule has 0 radical (unpaired) electrons. The first kappa shape index (κ1) is 18.1. The minimum atomic E-state index is -0.475. The van der Waals surface area contributed by atoms with E-state index in [9.17, 15) is 4.79 Å². The number of hydrogen-bond acceptors (Lipinski definition) is 6. The van der Waals surface area contributed by atoms with Gasteiger partial charge in [0.1, 0.15) is 17.4 Å². The fourth-order valence-electron chi connectivity index (χ4n) is 2.59. The lowest BCUT2D eigenvalue weighted by Crippen LogP contribution is -2.41. The first-order chi connectivity index (χ1) is 13.1. The van der Waals surface area contributed by atoms with Crippen LogP contribution in [0.2, 0.25) is 5.02 Å². The number of fused-ring (bicyclic) bond motifs is 1. The van der Waals surface area contributed by atoms with Gasteiger partial charge in [-0.15, -0.1) is 0 Å². The number of benzene rings is 1. The summed E-state index contributed by atoms with van der Waals surface area (Å²) in [6, 6.07) is 10.9. The number of nitrogens with zero attached hydrogens (tertiary/aromatic N) is 3. The third kappa shape index (κ3) is 3.47. The van der Waals surface area contributed by atoms with Crippen LogP contribution in [0.3, 0.4) is 0 Å². The topological polar surface area (TPSA) is 82.0 Å². The van der Waals surface area contributed by atoms with Gasteiger partial charge >= 0.3 is 0 Å². The SMILES string of the molecule is CCSC1=NSC2=NC(=O)/C(=C\c3ccc(-c4cccc(Cl)c4)o3)C(=N)N12. The Hall–Kier alpha value is -2.29. The molecule has 0 unspecified atom stereocenters. The average molecular weight is 417 g/mol. The van der Waals surface area contributed by atoms with E-state index in [2.05, 4.69) is 9.39 Å². The van der Waals surface area contributed by atoms with Crippen molar-refractivity contribution >= 4 is 63.5 Å². The Bertz CT molecular complexity index is 1040. The van der Waals surface area contributed by atoms with Crippen LogP contribution < -0.4 is 0 Å². The van der Waals surface area contributed by atoms with Gasteiger partial charge < -0.3 is 4.42 Å². The Balaban J connectivity index is 1.65. The summed E-state index contributed by atoms with van der Waals surface area (Å²) in [5, 5.41) is 10.1. The number of rotatable bonds is 3. The highest BCUT2D eigenvalue weighted by atomic mass is 35.5. The molecule has 27 heavy (non-hydrogen) atoms. The number of carbonyl (C=O) groups is 1. The van der Waals surface area contributed by atoms with E-state index in [0.717, 1.165) is 23.3 Å². The predicted molar refractivity (Wildman–Crippen MR) is 112 cm³/mol. The van der Waals surface area contributed by atoms with E-state index >= 15 is 0 Å². The molecule has 2 aromatic rings. The lowest BCUT2D eigenvalue weighted by atomic mass is 10.1. The van der Waals surface area contributed by atoms with Crippen molar-refractivity contribution in [3.05, 3.63) is 52.8 Å². The Morgan fingerprint density at radius 1 is 1.37 bits per heavy atom. The van der Waals surface area contributed by atoms with Crippen LogP contribution in [0.1, 0.15) is 12.7 Å². The average Bonchev–Trinajstić information content (AvgIpc) is 3.26. The number of amidine groups is 3. The fourth-order valence-corrected chi connectivity index (χ4v) is 4.35. The van der Waals surface area contributed by atoms with Crippen molar-refractivity contribution in [2.24, 2.45) is 9.39 Å². The summed E-state index contributed by atoms with van der Waals surface area (Å²) in [6.07, 6.45) is 1.54. The largest absolute Gasteiger partial charge is 0.457 e. The van der Waals surface area contributed by atoms with E-state index in [0.29, 0.717) is 26.9 Å². The summed E-state index contributed by atoms with van der Waals surface area (Å²) >= 11 is 8.64. The number of aliphatic imine (C=N–C) groups is 1. The van der Waals surface area contributed by atoms with Crippen LogP contribution in [-0.4, -0.2) is 32.7 Å². The summed E-state index contributed by atoms with van der Waals surface area (Å²) in [6.45, 7) is 2.00. The number of nitrogens with one attached hydrogen (secondary N) is 1. The minimum absolute atomic E-state index is 0.0513. The van der Waals surface area contributed by atoms with Crippen LogP contribution >= 0.6 is 35.3 Å². The summed E-state index contributed by atoms with van der Waals surface area (Å²) in [4.78, 5) is 18.0. The van der Waals surface area contributed by atoms with E-state index in [-0.39, 0.29) is 11.4 Å². The van der Waals surface area contributed by atoms with Crippen LogP contribution in [-0.2, 0) is 4.79 Å². The number of carbonyl (C=O) groups excluding carboxylic acids is 1.